The number of thioether (sulfide) groups is 1. The van der Waals surface area contributed by atoms with Crippen molar-refractivity contribution in [3.8, 4) is 11.3 Å². The van der Waals surface area contributed by atoms with Crippen LogP contribution >= 0.6 is 35.6 Å². The fourth-order valence-corrected chi connectivity index (χ4v) is 5.20. The van der Waals surface area contributed by atoms with E-state index in [2.05, 4.69) is 0 Å². The van der Waals surface area contributed by atoms with Crippen LogP contribution in [0.5, 0.6) is 0 Å². The van der Waals surface area contributed by atoms with Crippen molar-refractivity contribution in [3.05, 3.63) is 47.2 Å². The van der Waals surface area contributed by atoms with Crippen LogP contribution in [0.15, 0.2) is 40.8 Å². The summed E-state index contributed by atoms with van der Waals surface area (Å²) in [7, 11) is 0. The highest BCUT2D eigenvalue weighted by Crippen LogP contribution is 2.48. The zero-order chi connectivity index (χ0) is 17.7. The maximum absolute atomic E-state index is 12.4. The molecule has 5 nitrogen and oxygen atoms in total. The molecule has 0 aliphatic carbocycles. The van der Waals surface area contributed by atoms with Crippen LogP contribution in [0.3, 0.4) is 0 Å². The zero-order valence-corrected chi connectivity index (χ0v) is 15.1. The number of carboxylic acid groups (broad SMARTS) is 1. The van der Waals surface area contributed by atoms with Gasteiger partial charge in [-0.2, -0.15) is 0 Å². The minimum atomic E-state index is -1.17. The number of furan rings is 1. The normalized spacial score (nSPS) is 24.8. The zero-order valence-electron chi connectivity index (χ0n) is 12.7. The average Bonchev–Trinajstić information content (AvgIpc) is 3.27. The molecule has 3 heterocycles. The number of carbonyl (C=O) groups is 2. The second-order valence-corrected chi connectivity index (χ2v) is 7.85. The van der Waals surface area contributed by atoms with Gasteiger partial charge in [0.2, 0.25) is 5.91 Å². The first-order valence-corrected chi connectivity index (χ1v) is 9.36. The van der Waals surface area contributed by atoms with Gasteiger partial charge in [0.15, 0.2) is 0 Å². The number of hydrogen-bond donors (Lipinski definition) is 1. The number of hydrogen-bond acceptors (Lipinski definition) is 5. The molecule has 2 bridgehead atoms. The Bertz CT molecular complexity index is 896. The largest absolute Gasteiger partial charge is 0.477 e. The molecule has 0 saturated carbocycles. The molecule has 2 aliphatic heterocycles. The molecule has 1 N–H and O–H groups in total. The molecule has 3 atom stereocenters. The molecular weight excluding hydrogens is 382 g/mol. The Morgan fingerprint density at radius 1 is 1.36 bits per heavy atom. The van der Waals surface area contributed by atoms with Gasteiger partial charge >= 0.3 is 5.97 Å². The predicted molar refractivity (Wildman–Crippen MR) is 99.0 cm³/mol. The Morgan fingerprint density at radius 2 is 2.16 bits per heavy atom. The van der Waals surface area contributed by atoms with Gasteiger partial charge in [-0.25, -0.2) is 4.79 Å². The summed E-state index contributed by atoms with van der Waals surface area (Å²) in [4.78, 5) is 25.2. The Morgan fingerprint density at radius 3 is 2.88 bits per heavy atom. The van der Waals surface area contributed by atoms with Gasteiger partial charge in [0.25, 0.3) is 0 Å². The van der Waals surface area contributed by atoms with E-state index in [9.17, 15) is 14.7 Å². The second kappa shape index (κ2) is 6.16. The van der Waals surface area contributed by atoms with Crippen molar-refractivity contribution in [3.63, 3.8) is 0 Å². The molecule has 25 heavy (non-hydrogen) atoms. The average molecular weight is 394 g/mol. The third-order valence-corrected chi connectivity index (χ3v) is 6.40. The molecular formula is C17H12ClNO4S2. The maximum atomic E-state index is 12.4. The van der Waals surface area contributed by atoms with Gasteiger partial charge in [-0.1, -0.05) is 36.0 Å². The number of thiocarbonyl (C=S) groups is 1. The number of rotatable bonds is 4. The molecule has 1 aromatic heterocycles. The van der Waals surface area contributed by atoms with Crippen LogP contribution in [-0.2, 0) is 9.59 Å². The van der Waals surface area contributed by atoms with Crippen molar-refractivity contribution in [1.82, 2.24) is 4.90 Å². The summed E-state index contributed by atoms with van der Waals surface area (Å²) in [5.74, 6) is -0.00616. The summed E-state index contributed by atoms with van der Waals surface area (Å²) in [5.41, 5.74) is 0.818. The minimum Gasteiger partial charge on any atom is -0.477 e. The number of benzene rings is 1. The monoisotopic (exact) mass is 393 g/mol. The number of amides is 1. The van der Waals surface area contributed by atoms with E-state index in [4.69, 9.17) is 28.2 Å². The van der Waals surface area contributed by atoms with E-state index in [0.717, 1.165) is 5.56 Å². The number of fused-ring (bicyclic) bond motifs is 2. The lowest BCUT2D eigenvalue weighted by Gasteiger charge is -2.29. The Balaban J connectivity index is 1.72. The van der Waals surface area contributed by atoms with Crippen LogP contribution in [0.1, 0.15) is 11.7 Å². The number of carbonyl (C=O) groups excluding carboxylic acids is 1. The molecule has 1 amide bonds. The fourth-order valence-electron chi connectivity index (χ4n) is 3.36. The van der Waals surface area contributed by atoms with Gasteiger partial charge in [-0.15, -0.1) is 11.8 Å². The Labute approximate surface area is 157 Å². The van der Waals surface area contributed by atoms with E-state index in [-0.39, 0.29) is 16.0 Å². The predicted octanol–water partition coefficient (Wildman–Crippen LogP) is 3.42. The molecule has 0 radical (unpaired) electrons. The van der Waals surface area contributed by atoms with Gasteiger partial charge in [-0.05, 0) is 24.3 Å². The van der Waals surface area contributed by atoms with Crippen LogP contribution in [0, 0.1) is 0 Å². The van der Waals surface area contributed by atoms with Crippen molar-refractivity contribution in [2.24, 2.45) is 0 Å². The molecule has 2 aliphatic rings. The molecule has 8 heteroatoms. The molecule has 2 saturated heterocycles. The molecule has 128 valence electrons. The van der Waals surface area contributed by atoms with Crippen LogP contribution in [0.4, 0.5) is 0 Å². The van der Waals surface area contributed by atoms with E-state index < -0.39 is 17.9 Å². The molecule has 0 spiro atoms. The summed E-state index contributed by atoms with van der Waals surface area (Å²) in [5, 5.41) is 9.54. The van der Waals surface area contributed by atoms with E-state index in [1.165, 1.54) is 16.7 Å². The molecule has 2 fully saturated rings. The number of aliphatic carboxylic acids is 1. The Kier molecular flexibility index (Phi) is 4.10. The van der Waals surface area contributed by atoms with Crippen molar-refractivity contribution in [1.29, 1.82) is 0 Å². The highest BCUT2D eigenvalue weighted by molar-refractivity contribution is 8.01. The summed E-state index contributed by atoms with van der Waals surface area (Å²) >= 11 is 12.6. The lowest BCUT2D eigenvalue weighted by Crippen LogP contribution is -2.43. The van der Waals surface area contributed by atoms with Gasteiger partial charge < -0.3 is 14.4 Å². The van der Waals surface area contributed by atoms with E-state index in [1.807, 2.05) is 12.1 Å². The number of nitrogens with zero attached hydrogens (tertiary/aromatic N) is 1. The van der Waals surface area contributed by atoms with E-state index >= 15 is 0 Å². The Hall–Kier alpha value is -1.83. The number of carboxylic acids is 1. The van der Waals surface area contributed by atoms with Gasteiger partial charge in [0.1, 0.15) is 16.4 Å². The molecule has 4 rings (SSSR count). The number of halogens is 1. The van der Waals surface area contributed by atoms with Gasteiger partial charge in [-0.3, -0.25) is 4.79 Å². The van der Waals surface area contributed by atoms with Crippen molar-refractivity contribution < 1.29 is 19.1 Å². The van der Waals surface area contributed by atoms with Crippen LogP contribution < -0.4 is 0 Å². The van der Waals surface area contributed by atoms with Crippen molar-refractivity contribution in [2.45, 2.75) is 17.2 Å². The third kappa shape index (κ3) is 2.67. The quantitative estimate of drug-likeness (QED) is 0.802. The second-order valence-electron chi connectivity index (χ2n) is 5.88. The maximum Gasteiger partial charge on any atom is 0.344 e. The lowest BCUT2D eigenvalue weighted by atomic mass is 9.94. The minimum absolute atomic E-state index is 0.0793. The van der Waals surface area contributed by atoms with Crippen LogP contribution in [-0.4, -0.2) is 43.9 Å². The lowest BCUT2D eigenvalue weighted by molar-refractivity contribution is -0.129. The summed E-state index contributed by atoms with van der Waals surface area (Å²) < 4.78 is 5.97. The molecule has 1 aromatic carbocycles. The SMILES string of the molecule is O=C(O)C(=S)C1C(c2ccc(-c3cccc(Cl)c3)o2)C2SCN1C2=O. The van der Waals surface area contributed by atoms with E-state index in [0.29, 0.717) is 22.4 Å². The summed E-state index contributed by atoms with van der Waals surface area (Å²) in [6.45, 7) is 0. The third-order valence-electron chi connectivity index (χ3n) is 4.47. The highest BCUT2D eigenvalue weighted by atomic mass is 35.5. The first kappa shape index (κ1) is 16.6. The highest BCUT2D eigenvalue weighted by Gasteiger charge is 2.57. The van der Waals surface area contributed by atoms with Gasteiger partial charge in [0, 0.05) is 10.6 Å². The molecule has 2 aromatic rings. The van der Waals surface area contributed by atoms with Crippen molar-refractivity contribution >= 4 is 52.3 Å². The smallest absolute Gasteiger partial charge is 0.344 e. The standard InChI is InChI=1S/C17H12ClNO4S2/c18-9-3-1-2-8(6-9)10-4-5-11(23-10)12-13(14(24)17(21)22)19-7-25-15(12)16(19)20/h1-6,12-13,15H,7H2,(H,21,22). The molecule has 3 unspecified atom stereocenters. The first-order valence-electron chi connectivity index (χ1n) is 7.52. The van der Waals surface area contributed by atoms with Gasteiger partial charge in [0.05, 0.1) is 23.1 Å². The summed E-state index contributed by atoms with van der Waals surface area (Å²) in [6, 6.07) is 10.2. The van der Waals surface area contributed by atoms with E-state index in [1.54, 1.807) is 24.3 Å². The first-order chi connectivity index (χ1) is 12.0. The summed E-state index contributed by atoms with van der Waals surface area (Å²) in [6.07, 6.45) is 0. The fraction of sp³-hybridized carbons (Fsp3) is 0.235. The van der Waals surface area contributed by atoms with Crippen molar-refractivity contribution in [2.75, 3.05) is 5.88 Å². The topological polar surface area (TPSA) is 70.8 Å². The van der Waals surface area contributed by atoms with Crippen LogP contribution in [0.25, 0.3) is 11.3 Å². The van der Waals surface area contributed by atoms with Crippen LogP contribution in [0.2, 0.25) is 5.02 Å².